The van der Waals surface area contributed by atoms with Crippen LogP contribution in [0.1, 0.15) is 12.5 Å². The normalized spacial score (nSPS) is 10.5. The highest BCUT2D eigenvalue weighted by Crippen LogP contribution is 2.23. The van der Waals surface area contributed by atoms with Crippen LogP contribution in [0.25, 0.3) is 0 Å². The number of para-hydroxylation sites is 2. The van der Waals surface area contributed by atoms with E-state index in [9.17, 15) is 0 Å². The molecule has 0 aromatic heterocycles. The van der Waals surface area contributed by atoms with Crippen LogP contribution in [0.4, 0.5) is 5.69 Å². The number of halogens is 1. The molecule has 0 bridgehead atoms. The Hall–Kier alpha value is -1.71. The van der Waals surface area contributed by atoms with E-state index >= 15 is 0 Å². The van der Waals surface area contributed by atoms with Crippen LogP contribution >= 0.6 is 11.6 Å². The third kappa shape index (κ3) is 5.58. The van der Waals surface area contributed by atoms with Gasteiger partial charge < -0.3 is 14.8 Å². The minimum atomic E-state index is 0.559. The Bertz CT molecular complexity index is 557. The smallest absolute Gasteiger partial charge is 0.142 e. The number of rotatable bonds is 9. The van der Waals surface area contributed by atoms with E-state index in [-0.39, 0.29) is 0 Å². The number of nitrogens with one attached hydrogen (secondary N) is 1. The average Bonchev–Trinajstić information content (AvgIpc) is 2.55. The Morgan fingerprint density at radius 2 is 1.77 bits per heavy atom. The van der Waals surface area contributed by atoms with Gasteiger partial charge in [0.15, 0.2) is 0 Å². The molecule has 0 saturated carbocycles. The Kier molecular flexibility index (Phi) is 7.07. The van der Waals surface area contributed by atoms with Crippen LogP contribution in [0.2, 0.25) is 5.02 Å². The molecule has 1 N–H and O–H groups in total. The fourth-order valence-electron chi connectivity index (χ4n) is 2.09. The van der Waals surface area contributed by atoms with Gasteiger partial charge in [0.25, 0.3) is 0 Å². The van der Waals surface area contributed by atoms with Gasteiger partial charge in [0.2, 0.25) is 0 Å². The molecule has 0 unspecified atom stereocenters. The number of hydrogen-bond acceptors (Lipinski definition) is 3. The van der Waals surface area contributed by atoms with E-state index in [0.717, 1.165) is 29.4 Å². The van der Waals surface area contributed by atoms with Crippen molar-refractivity contribution in [3.8, 4) is 5.75 Å². The molecule has 0 aliphatic carbocycles. The van der Waals surface area contributed by atoms with Crippen LogP contribution in [-0.2, 0) is 11.2 Å². The Balaban J connectivity index is 1.82. The molecule has 2 aromatic carbocycles. The summed E-state index contributed by atoms with van der Waals surface area (Å²) < 4.78 is 11.0. The number of ether oxygens (including phenoxy) is 2. The first-order valence-electron chi connectivity index (χ1n) is 7.57. The zero-order valence-corrected chi connectivity index (χ0v) is 13.6. The van der Waals surface area contributed by atoms with Crippen LogP contribution in [0.3, 0.4) is 0 Å². The van der Waals surface area contributed by atoms with E-state index in [2.05, 4.69) is 17.4 Å². The summed E-state index contributed by atoms with van der Waals surface area (Å²) in [6.45, 7) is 4.70. The van der Waals surface area contributed by atoms with Gasteiger partial charge in [0.1, 0.15) is 12.4 Å². The molecule has 3 nitrogen and oxygen atoms in total. The number of anilines is 1. The second-order valence-corrected chi connectivity index (χ2v) is 5.28. The molecule has 2 aromatic rings. The van der Waals surface area contributed by atoms with Gasteiger partial charge in [-0.2, -0.15) is 0 Å². The van der Waals surface area contributed by atoms with Crippen LogP contribution in [0, 0.1) is 0 Å². The third-order valence-electron chi connectivity index (χ3n) is 3.22. The lowest BCUT2D eigenvalue weighted by molar-refractivity contribution is 0.110. The third-order valence-corrected chi connectivity index (χ3v) is 3.47. The van der Waals surface area contributed by atoms with Gasteiger partial charge in [-0.3, -0.25) is 0 Å². The first-order valence-corrected chi connectivity index (χ1v) is 7.95. The van der Waals surface area contributed by atoms with Crippen molar-refractivity contribution in [3.63, 3.8) is 0 Å². The molecule has 0 aliphatic rings. The lowest BCUT2D eigenvalue weighted by Crippen LogP contribution is -2.10. The van der Waals surface area contributed by atoms with E-state index in [1.54, 1.807) is 0 Å². The molecule has 2 rings (SSSR count). The van der Waals surface area contributed by atoms with Crippen molar-refractivity contribution in [2.45, 2.75) is 13.3 Å². The number of benzene rings is 2. The van der Waals surface area contributed by atoms with Gasteiger partial charge in [-0.05, 0) is 43.2 Å². The Labute approximate surface area is 137 Å². The van der Waals surface area contributed by atoms with Gasteiger partial charge in [-0.15, -0.1) is 0 Å². The highest BCUT2D eigenvalue weighted by atomic mass is 35.5. The summed E-state index contributed by atoms with van der Waals surface area (Å²) in [7, 11) is 0. The zero-order valence-electron chi connectivity index (χ0n) is 12.8. The minimum absolute atomic E-state index is 0.559. The quantitative estimate of drug-likeness (QED) is 0.694. The van der Waals surface area contributed by atoms with Gasteiger partial charge in [0, 0.05) is 18.2 Å². The summed E-state index contributed by atoms with van der Waals surface area (Å²) in [5.74, 6) is 0.860. The monoisotopic (exact) mass is 319 g/mol. The molecule has 0 saturated heterocycles. The lowest BCUT2D eigenvalue weighted by Gasteiger charge is -2.13. The van der Waals surface area contributed by atoms with Crippen molar-refractivity contribution >= 4 is 17.3 Å². The van der Waals surface area contributed by atoms with Crippen molar-refractivity contribution in [1.29, 1.82) is 0 Å². The molecule has 0 spiro atoms. The summed E-state index contributed by atoms with van der Waals surface area (Å²) >= 11 is 5.89. The van der Waals surface area contributed by atoms with E-state index < -0.39 is 0 Å². The average molecular weight is 320 g/mol. The van der Waals surface area contributed by atoms with Crippen molar-refractivity contribution < 1.29 is 9.47 Å². The van der Waals surface area contributed by atoms with E-state index in [1.165, 1.54) is 5.56 Å². The topological polar surface area (TPSA) is 30.5 Å². The fourth-order valence-corrected chi connectivity index (χ4v) is 2.21. The highest BCUT2D eigenvalue weighted by Gasteiger charge is 2.02. The maximum atomic E-state index is 5.89. The molecule has 0 heterocycles. The summed E-state index contributed by atoms with van der Waals surface area (Å²) in [6.07, 6.45) is 0.935. The van der Waals surface area contributed by atoms with Crippen LogP contribution in [0.15, 0.2) is 48.5 Å². The lowest BCUT2D eigenvalue weighted by atomic mass is 10.1. The minimum Gasteiger partial charge on any atom is -0.489 e. The van der Waals surface area contributed by atoms with Gasteiger partial charge >= 0.3 is 0 Å². The predicted octanol–water partition coefficient (Wildman–Crippen LogP) is 4.41. The van der Waals surface area contributed by atoms with Crippen molar-refractivity contribution in [1.82, 2.24) is 0 Å². The largest absolute Gasteiger partial charge is 0.489 e. The van der Waals surface area contributed by atoms with E-state index in [4.69, 9.17) is 21.1 Å². The molecule has 0 radical (unpaired) electrons. The summed E-state index contributed by atoms with van der Waals surface area (Å²) in [5, 5.41) is 4.19. The molecule has 0 fully saturated rings. The van der Waals surface area contributed by atoms with Crippen molar-refractivity contribution in [2.75, 3.05) is 31.7 Å². The summed E-state index contributed by atoms with van der Waals surface area (Å²) in [5.41, 5.74) is 2.26. The SMILES string of the molecule is CCOCCOc1ccccc1NCCc1ccc(Cl)cc1. The molecule has 0 aliphatic heterocycles. The maximum Gasteiger partial charge on any atom is 0.142 e. The first-order chi connectivity index (χ1) is 10.8. The molecule has 0 amide bonds. The second-order valence-electron chi connectivity index (χ2n) is 4.84. The van der Waals surface area contributed by atoms with Gasteiger partial charge in [0.05, 0.1) is 12.3 Å². The van der Waals surface area contributed by atoms with E-state index in [0.29, 0.717) is 19.8 Å². The standard InChI is InChI=1S/C18H22ClNO2/c1-2-21-13-14-22-18-6-4-3-5-17(18)20-12-11-15-7-9-16(19)10-8-15/h3-10,20H,2,11-14H2,1H3. The van der Waals surface area contributed by atoms with Crippen LogP contribution in [-0.4, -0.2) is 26.4 Å². The number of hydrogen-bond donors (Lipinski definition) is 1. The maximum absolute atomic E-state index is 5.89. The molecule has 0 atom stereocenters. The molecule has 22 heavy (non-hydrogen) atoms. The van der Waals surface area contributed by atoms with Crippen LogP contribution < -0.4 is 10.1 Å². The highest BCUT2D eigenvalue weighted by molar-refractivity contribution is 6.30. The molecule has 118 valence electrons. The first kappa shape index (κ1) is 16.7. The van der Waals surface area contributed by atoms with Crippen LogP contribution in [0.5, 0.6) is 5.75 Å². The summed E-state index contributed by atoms with van der Waals surface area (Å²) in [4.78, 5) is 0. The summed E-state index contributed by atoms with van der Waals surface area (Å²) in [6, 6.07) is 15.9. The van der Waals surface area contributed by atoms with E-state index in [1.807, 2.05) is 43.3 Å². The second kappa shape index (κ2) is 9.34. The van der Waals surface area contributed by atoms with Crippen molar-refractivity contribution in [2.24, 2.45) is 0 Å². The molecule has 4 heteroatoms. The molecular weight excluding hydrogens is 298 g/mol. The Morgan fingerprint density at radius 3 is 2.55 bits per heavy atom. The van der Waals surface area contributed by atoms with Gasteiger partial charge in [-0.1, -0.05) is 35.9 Å². The fraction of sp³-hybridized carbons (Fsp3) is 0.333. The zero-order chi connectivity index (χ0) is 15.6. The van der Waals surface area contributed by atoms with Gasteiger partial charge in [-0.25, -0.2) is 0 Å². The molecular formula is C18H22ClNO2. The van der Waals surface area contributed by atoms with Crippen molar-refractivity contribution in [3.05, 3.63) is 59.1 Å². The Morgan fingerprint density at radius 1 is 1.00 bits per heavy atom. The predicted molar refractivity (Wildman–Crippen MR) is 92.1 cm³/mol.